The van der Waals surface area contributed by atoms with E-state index in [-0.39, 0.29) is 6.04 Å². The Bertz CT molecular complexity index is 551. The number of piperazine rings is 1. The lowest BCUT2D eigenvalue weighted by Crippen LogP contribution is -2.47. The van der Waals surface area contributed by atoms with Crippen molar-refractivity contribution in [2.24, 2.45) is 0 Å². The molecule has 3 rings (SSSR count). The van der Waals surface area contributed by atoms with Crippen molar-refractivity contribution in [2.75, 3.05) is 20.1 Å². The monoisotopic (exact) mass is 266 g/mol. The minimum absolute atomic E-state index is 0.159. The second-order valence-electron chi connectivity index (χ2n) is 5.37. The molecule has 0 aliphatic carbocycles. The number of fused-ring (bicyclic) bond motifs is 2. The normalized spacial score (nSPS) is 29.0. The van der Waals surface area contributed by atoms with Crippen molar-refractivity contribution < 1.29 is 8.42 Å². The number of benzene rings is 1. The second kappa shape index (κ2) is 4.05. The van der Waals surface area contributed by atoms with E-state index in [0.717, 1.165) is 18.5 Å². The number of rotatable bonds is 2. The van der Waals surface area contributed by atoms with Gasteiger partial charge in [0.25, 0.3) is 0 Å². The van der Waals surface area contributed by atoms with Crippen LogP contribution in [0.3, 0.4) is 0 Å². The van der Waals surface area contributed by atoms with Gasteiger partial charge >= 0.3 is 0 Å². The summed E-state index contributed by atoms with van der Waals surface area (Å²) in [4.78, 5) is 2.68. The summed E-state index contributed by atoms with van der Waals surface area (Å²) in [5.41, 5.74) is 1.08. The lowest BCUT2D eigenvalue weighted by Gasteiger charge is -2.31. The highest BCUT2D eigenvalue weighted by atomic mass is 32.2. The van der Waals surface area contributed by atoms with Gasteiger partial charge in [-0.3, -0.25) is 0 Å². The molecule has 0 radical (unpaired) electrons. The summed E-state index contributed by atoms with van der Waals surface area (Å²) in [5, 5.41) is 0. The van der Waals surface area contributed by atoms with E-state index in [2.05, 4.69) is 11.9 Å². The molecular weight excluding hydrogens is 248 g/mol. The molecule has 0 saturated carbocycles. The minimum atomic E-state index is -3.30. The van der Waals surface area contributed by atoms with Gasteiger partial charge < -0.3 is 4.90 Å². The molecule has 0 spiro atoms. The summed E-state index contributed by atoms with van der Waals surface area (Å²) in [7, 11) is -1.23. The van der Waals surface area contributed by atoms with Gasteiger partial charge in [0, 0.05) is 25.2 Å². The Labute approximate surface area is 108 Å². The first-order valence-electron chi connectivity index (χ1n) is 6.27. The first-order chi connectivity index (χ1) is 8.48. The molecule has 0 aromatic heterocycles. The summed E-state index contributed by atoms with van der Waals surface area (Å²) in [6.45, 7) is 3.45. The predicted molar refractivity (Wildman–Crippen MR) is 69.9 cm³/mol. The van der Waals surface area contributed by atoms with Crippen LogP contribution in [-0.4, -0.2) is 49.8 Å². The number of sulfonamides is 1. The molecule has 18 heavy (non-hydrogen) atoms. The molecule has 2 atom stereocenters. The molecule has 2 aliphatic rings. The van der Waals surface area contributed by atoms with Crippen molar-refractivity contribution in [3.8, 4) is 0 Å². The maximum absolute atomic E-state index is 12.5. The summed E-state index contributed by atoms with van der Waals surface area (Å²) in [5.74, 6) is 0. The van der Waals surface area contributed by atoms with E-state index in [1.165, 1.54) is 0 Å². The highest BCUT2D eigenvalue weighted by Crippen LogP contribution is 2.33. The maximum atomic E-state index is 12.5. The number of hydrogen-bond acceptors (Lipinski definition) is 3. The van der Waals surface area contributed by atoms with Gasteiger partial charge in [0.15, 0.2) is 0 Å². The third-order valence-corrected chi connectivity index (χ3v) is 6.02. The zero-order chi connectivity index (χ0) is 12.9. The molecule has 2 fully saturated rings. The van der Waals surface area contributed by atoms with Crippen molar-refractivity contribution in [2.45, 2.75) is 30.3 Å². The van der Waals surface area contributed by atoms with E-state index < -0.39 is 10.0 Å². The van der Waals surface area contributed by atoms with Crippen LogP contribution in [0.1, 0.15) is 12.0 Å². The zero-order valence-corrected chi connectivity index (χ0v) is 11.5. The van der Waals surface area contributed by atoms with E-state index in [1.807, 2.05) is 19.1 Å². The summed E-state index contributed by atoms with van der Waals surface area (Å²) in [6.07, 6.45) is 0.974. The Hall–Kier alpha value is -0.910. The molecule has 0 N–H and O–H groups in total. The van der Waals surface area contributed by atoms with Crippen molar-refractivity contribution in [1.82, 2.24) is 9.21 Å². The van der Waals surface area contributed by atoms with E-state index >= 15 is 0 Å². The van der Waals surface area contributed by atoms with Crippen LogP contribution in [0.2, 0.25) is 0 Å². The lowest BCUT2D eigenvalue weighted by molar-refractivity contribution is 0.216. The van der Waals surface area contributed by atoms with Gasteiger partial charge in [-0.2, -0.15) is 4.31 Å². The standard InChI is InChI=1S/C13H18N2O2S/c1-10-3-5-13(6-4-10)18(16,17)15-9-11-7-12(15)8-14(11)2/h3-6,11-12H,7-9H2,1-2H3/t11-,12-/m0/s1. The molecule has 0 amide bonds. The molecule has 98 valence electrons. The molecule has 5 heteroatoms. The number of likely N-dealkylation sites (tertiary alicyclic amines) is 1. The molecule has 1 aromatic rings. The van der Waals surface area contributed by atoms with E-state index in [9.17, 15) is 8.42 Å². The van der Waals surface area contributed by atoms with Gasteiger partial charge in [0.05, 0.1) is 4.90 Å². The molecule has 2 aliphatic heterocycles. The fraction of sp³-hybridized carbons (Fsp3) is 0.538. The second-order valence-corrected chi connectivity index (χ2v) is 7.26. The van der Waals surface area contributed by atoms with Crippen molar-refractivity contribution >= 4 is 10.0 Å². The molecule has 2 saturated heterocycles. The Kier molecular flexibility index (Phi) is 2.73. The van der Waals surface area contributed by atoms with Gasteiger partial charge in [0.1, 0.15) is 0 Å². The fourth-order valence-corrected chi connectivity index (χ4v) is 4.63. The first-order valence-corrected chi connectivity index (χ1v) is 7.71. The number of hydrogen-bond donors (Lipinski definition) is 0. The van der Waals surface area contributed by atoms with Crippen molar-refractivity contribution in [3.05, 3.63) is 29.8 Å². The largest absolute Gasteiger partial charge is 0.300 e. The molecule has 0 unspecified atom stereocenters. The quantitative estimate of drug-likeness (QED) is 0.804. The number of likely N-dealkylation sites (N-methyl/N-ethyl adjacent to an activating group) is 1. The molecule has 4 nitrogen and oxygen atoms in total. The summed E-state index contributed by atoms with van der Waals surface area (Å²) < 4.78 is 26.8. The van der Waals surface area contributed by atoms with E-state index in [1.54, 1.807) is 16.4 Å². The first kappa shape index (κ1) is 12.1. The molecule has 2 heterocycles. The van der Waals surface area contributed by atoms with Gasteiger partial charge in [-0.05, 0) is 32.5 Å². The SMILES string of the molecule is Cc1ccc(S(=O)(=O)N2C[C@@H]3C[C@H]2CN3C)cc1. The van der Waals surface area contributed by atoms with Crippen LogP contribution in [-0.2, 0) is 10.0 Å². The third-order valence-electron chi connectivity index (χ3n) is 4.09. The number of aryl methyl sites for hydroxylation is 1. The van der Waals surface area contributed by atoms with Crippen LogP contribution in [0.4, 0.5) is 0 Å². The van der Waals surface area contributed by atoms with Crippen LogP contribution in [0, 0.1) is 6.92 Å². The Morgan fingerprint density at radius 3 is 2.28 bits per heavy atom. The van der Waals surface area contributed by atoms with Gasteiger partial charge in [-0.25, -0.2) is 8.42 Å². The lowest BCUT2D eigenvalue weighted by atomic mass is 10.2. The van der Waals surface area contributed by atoms with E-state index in [4.69, 9.17) is 0 Å². The van der Waals surface area contributed by atoms with Gasteiger partial charge in [-0.1, -0.05) is 17.7 Å². The van der Waals surface area contributed by atoms with Crippen LogP contribution in [0.5, 0.6) is 0 Å². The van der Waals surface area contributed by atoms with Gasteiger partial charge in [0.2, 0.25) is 10.0 Å². The molecule has 2 bridgehead atoms. The third kappa shape index (κ3) is 1.77. The van der Waals surface area contributed by atoms with Crippen LogP contribution < -0.4 is 0 Å². The predicted octanol–water partition coefficient (Wildman–Crippen LogP) is 1.07. The smallest absolute Gasteiger partial charge is 0.243 e. The van der Waals surface area contributed by atoms with Crippen LogP contribution in [0.15, 0.2) is 29.2 Å². The average molecular weight is 266 g/mol. The summed E-state index contributed by atoms with van der Waals surface area (Å²) in [6, 6.07) is 7.68. The highest BCUT2D eigenvalue weighted by molar-refractivity contribution is 7.89. The topological polar surface area (TPSA) is 40.6 Å². The maximum Gasteiger partial charge on any atom is 0.243 e. The van der Waals surface area contributed by atoms with E-state index in [0.29, 0.717) is 17.5 Å². The highest BCUT2D eigenvalue weighted by Gasteiger charge is 2.46. The Morgan fingerprint density at radius 2 is 1.78 bits per heavy atom. The fourth-order valence-electron chi connectivity index (χ4n) is 2.97. The molecular formula is C13H18N2O2S. The van der Waals surface area contributed by atoms with Gasteiger partial charge in [-0.15, -0.1) is 0 Å². The van der Waals surface area contributed by atoms with Crippen molar-refractivity contribution in [3.63, 3.8) is 0 Å². The van der Waals surface area contributed by atoms with Crippen LogP contribution in [0.25, 0.3) is 0 Å². The Balaban J connectivity index is 1.90. The average Bonchev–Trinajstić information content (AvgIpc) is 2.88. The Morgan fingerprint density at radius 1 is 1.11 bits per heavy atom. The molecule has 1 aromatic carbocycles. The van der Waals surface area contributed by atoms with Crippen molar-refractivity contribution in [1.29, 1.82) is 0 Å². The zero-order valence-electron chi connectivity index (χ0n) is 10.7. The number of nitrogens with zero attached hydrogens (tertiary/aromatic N) is 2. The summed E-state index contributed by atoms with van der Waals surface area (Å²) >= 11 is 0. The minimum Gasteiger partial charge on any atom is -0.300 e. The van der Waals surface area contributed by atoms with Crippen LogP contribution >= 0.6 is 0 Å².